The monoisotopic (exact) mass is 295 g/mol. The molecule has 3 saturated heterocycles. The third kappa shape index (κ3) is 3.11. The van der Waals surface area contributed by atoms with E-state index in [9.17, 15) is 9.90 Å². The van der Waals surface area contributed by atoms with Crippen LogP contribution in [0.15, 0.2) is 29.4 Å². The Labute approximate surface area is 124 Å². The van der Waals surface area contributed by atoms with Crippen molar-refractivity contribution in [2.45, 2.75) is 12.8 Å². The molecule has 3 aliphatic heterocycles. The molecule has 0 radical (unpaired) electrons. The first-order valence-corrected chi connectivity index (χ1v) is 6.60. The molecule has 0 aliphatic carbocycles. The Balaban J connectivity index is 0.00000147. The van der Waals surface area contributed by atoms with E-state index in [2.05, 4.69) is 15.4 Å². The molecule has 1 aromatic carbocycles. The maximum atomic E-state index is 11.9. The minimum Gasteiger partial charge on any atom is -0.508 e. The summed E-state index contributed by atoms with van der Waals surface area (Å²) in [6.45, 7) is 3.17. The van der Waals surface area contributed by atoms with Gasteiger partial charge in [-0.05, 0) is 50.2 Å². The van der Waals surface area contributed by atoms with Crippen LogP contribution >= 0.6 is 12.4 Å². The number of phenols is 1. The van der Waals surface area contributed by atoms with Gasteiger partial charge in [0.05, 0.1) is 5.71 Å². The van der Waals surface area contributed by atoms with Crippen molar-refractivity contribution in [1.29, 1.82) is 0 Å². The molecule has 3 fully saturated rings. The van der Waals surface area contributed by atoms with Crippen molar-refractivity contribution in [2.24, 2.45) is 11.0 Å². The van der Waals surface area contributed by atoms with Gasteiger partial charge in [-0.25, -0.2) is 5.43 Å². The number of piperidine rings is 3. The summed E-state index contributed by atoms with van der Waals surface area (Å²) in [6, 6.07) is 6.16. The topological polar surface area (TPSA) is 64.9 Å². The smallest absolute Gasteiger partial charge is 0.271 e. The summed E-state index contributed by atoms with van der Waals surface area (Å²) in [5.74, 6) is 0.453. The van der Waals surface area contributed by atoms with Gasteiger partial charge in [-0.1, -0.05) is 0 Å². The fourth-order valence-corrected chi connectivity index (χ4v) is 2.71. The minimum absolute atomic E-state index is 0. The standard InChI is InChI=1S/C14H17N3O2.ClH/c18-12-3-1-11(2-4-12)14(19)16-15-13-9-17-7-5-10(13)6-8-17;/h1-4,10,18H,5-9H2,(H,16,19);1H. The van der Waals surface area contributed by atoms with Gasteiger partial charge in [-0.2, -0.15) is 5.10 Å². The van der Waals surface area contributed by atoms with Crippen molar-refractivity contribution >= 4 is 24.0 Å². The number of nitrogens with zero attached hydrogens (tertiary/aromatic N) is 2. The maximum Gasteiger partial charge on any atom is 0.271 e. The average Bonchev–Trinajstić information content (AvgIpc) is 2.47. The number of fused-ring (bicyclic) bond motifs is 3. The first-order chi connectivity index (χ1) is 9.22. The normalized spacial score (nSPS) is 26.1. The Morgan fingerprint density at radius 1 is 1.25 bits per heavy atom. The van der Waals surface area contributed by atoms with Crippen LogP contribution in [0.1, 0.15) is 23.2 Å². The molecular weight excluding hydrogens is 278 g/mol. The zero-order chi connectivity index (χ0) is 13.2. The highest BCUT2D eigenvalue weighted by molar-refractivity contribution is 5.96. The number of carbonyl (C=O) groups is 1. The second-order valence-corrected chi connectivity index (χ2v) is 5.14. The number of amides is 1. The van der Waals surface area contributed by atoms with Gasteiger partial charge in [0.2, 0.25) is 0 Å². The minimum atomic E-state index is -0.232. The summed E-state index contributed by atoms with van der Waals surface area (Å²) in [5.41, 5.74) is 4.20. The fourth-order valence-electron chi connectivity index (χ4n) is 2.71. The Hall–Kier alpha value is -1.59. The van der Waals surface area contributed by atoms with Crippen molar-refractivity contribution in [2.75, 3.05) is 19.6 Å². The van der Waals surface area contributed by atoms with Gasteiger partial charge in [0.15, 0.2) is 0 Å². The summed E-state index contributed by atoms with van der Waals surface area (Å²) in [7, 11) is 0. The molecule has 6 heteroatoms. The lowest BCUT2D eigenvalue weighted by atomic mass is 9.87. The van der Waals surface area contributed by atoms with Gasteiger partial charge in [0, 0.05) is 18.0 Å². The molecule has 108 valence electrons. The number of aromatic hydroxyl groups is 1. The van der Waals surface area contributed by atoms with Crippen LogP contribution in [0.3, 0.4) is 0 Å². The molecule has 2 bridgehead atoms. The van der Waals surface area contributed by atoms with E-state index in [1.165, 1.54) is 12.1 Å². The predicted molar refractivity (Wildman–Crippen MR) is 79.4 cm³/mol. The second kappa shape index (κ2) is 6.24. The van der Waals surface area contributed by atoms with Crippen LogP contribution in [0.2, 0.25) is 0 Å². The number of hydrazone groups is 1. The average molecular weight is 296 g/mol. The van der Waals surface area contributed by atoms with Crippen LogP contribution in [0.25, 0.3) is 0 Å². The Kier molecular flexibility index (Phi) is 4.62. The first kappa shape index (κ1) is 14.8. The molecule has 1 amide bonds. The summed E-state index contributed by atoms with van der Waals surface area (Å²) in [6.07, 6.45) is 2.29. The van der Waals surface area contributed by atoms with Crippen molar-refractivity contribution in [1.82, 2.24) is 10.3 Å². The summed E-state index contributed by atoms with van der Waals surface area (Å²) >= 11 is 0. The number of hydrogen-bond acceptors (Lipinski definition) is 4. The van der Waals surface area contributed by atoms with Gasteiger partial charge in [0.25, 0.3) is 5.91 Å². The zero-order valence-electron chi connectivity index (χ0n) is 11.1. The molecule has 0 unspecified atom stereocenters. The Morgan fingerprint density at radius 3 is 2.45 bits per heavy atom. The molecule has 0 aromatic heterocycles. The number of halogens is 1. The second-order valence-electron chi connectivity index (χ2n) is 5.14. The van der Waals surface area contributed by atoms with Crippen molar-refractivity contribution in [3.63, 3.8) is 0 Å². The van der Waals surface area contributed by atoms with E-state index in [0.29, 0.717) is 11.5 Å². The SMILES string of the molecule is Cl.O=C(NN=C1CN2CCC1CC2)c1ccc(O)cc1. The van der Waals surface area contributed by atoms with Gasteiger partial charge in [-0.15, -0.1) is 12.4 Å². The van der Waals surface area contributed by atoms with E-state index in [1.54, 1.807) is 12.1 Å². The van der Waals surface area contributed by atoms with E-state index >= 15 is 0 Å². The third-order valence-corrected chi connectivity index (χ3v) is 3.87. The lowest BCUT2D eigenvalue weighted by Crippen LogP contribution is -2.48. The molecule has 5 nitrogen and oxygen atoms in total. The van der Waals surface area contributed by atoms with Gasteiger partial charge < -0.3 is 5.11 Å². The van der Waals surface area contributed by atoms with Crippen LogP contribution in [0, 0.1) is 5.92 Å². The van der Waals surface area contributed by atoms with Gasteiger partial charge >= 0.3 is 0 Å². The number of nitrogens with one attached hydrogen (secondary N) is 1. The molecular formula is C14H18ClN3O2. The quantitative estimate of drug-likeness (QED) is 0.815. The van der Waals surface area contributed by atoms with E-state index in [4.69, 9.17) is 0 Å². The molecule has 20 heavy (non-hydrogen) atoms. The predicted octanol–water partition coefficient (Wildman–Crippen LogP) is 1.63. The molecule has 3 aliphatic rings. The van der Waals surface area contributed by atoms with Crippen LogP contribution in [-0.4, -0.2) is 41.3 Å². The van der Waals surface area contributed by atoms with Gasteiger partial charge in [-0.3, -0.25) is 9.69 Å². The van der Waals surface area contributed by atoms with Crippen LogP contribution in [-0.2, 0) is 0 Å². The molecule has 4 rings (SSSR count). The highest BCUT2D eigenvalue weighted by atomic mass is 35.5. The highest BCUT2D eigenvalue weighted by Gasteiger charge is 2.30. The summed E-state index contributed by atoms with van der Waals surface area (Å²) in [5, 5.41) is 13.5. The first-order valence-electron chi connectivity index (χ1n) is 6.60. The fraction of sp³-hybridized carbons (Fsp3) is 0.429. The Morgan fingerprint density at radius 2 is 1.90 bits per heavy atom. The highest BCUT2D eigenvalue weighted by Crippen LogP contribution is 2.24. The number of carbonyl (C=O) groups excluding carboxylic acids is 1. The molecule has 1 aromatic rings. The van der Waals surface area contributed by atoms with Crippen LogP contribution in [0.4, 0.5) is 0 Å². The van der Waals surface area contributed by atoms with E-state index in [-0.39, 0.29) is 24.1 Å². The van der Waals surface area contributed by atoms with Crippen molar-refractivity contribution < 1.29 is 9.90 Å². The number of hydrogen-bond donors (Lipinski definition) is 2. The van der Waals surface area contributed by atoms with Crippen molar-refractivity contribution in [3.8, 4) is 5.75 Å². The number of benzene rings is 1. The lowest BCUT2D eigenvalue weighted by Gasteiger charge is -2.39. The summed E-state index contributed by atoms with van der Waals surface area (Å²) in [4.78, 5) is 14.3. The van der Waals surface area contributed by atoms with E-state index in [1.807, 2.05) is 0 Å². The molecule has 0 spiro atoms. The van der Waals surface area contributed by atoms with E-state index < -0.39 is 0 Å². The molecule has 2 N–H and O–H groups in total. The van der Waals surface area contributed by atoms with Crippen molar-refractivity contribution in [3.05, 3.63) is 29.8 Å². The number of rotatable bonds is 2. The van der Waals surface area contributed by atoms with Crippen LogP contribution in [0.5, 0.6) is 5.75 Å². The zero-order valence-corrected chi connectivity index (χ0v) is 11.9. The molecule has 0 atom stereocenters. The van der Waals surface area contributed by atoms with Gasteiger partial charge in [0.1, 0.15) is 5.75 Å². The molecule has 0 saturated carbocycles. The largest absolute Gasteiger partial charge is 0.508 e. The molecule has 3 heterocycles. The number of phenolic OH excluding ortho intramolecular Hbond substituents is 1. The maximum absolute atomic E-state index is 11.9. The Bertz CT molecular complexity index is 508. The van der Waals surface area contributed by atoms with E-state index in [0.717, 1.165) is 38.2 Å². The van der Waals surface area contributed by atoms with Crippen LogP contribution < -0.4 is 5.43 Å². The third-order valence-electron chi connectivity index (χ3n) is 3.87. The lowest BCUT2D eigenvalue weighted by molar-refractivity contribution is 0.0953. The summed E-state index contributed by atoms with van der Waals surface area (Å²) < 4.78 is 0.